The van der Waals surface area contributed by atoms with Crippen molar-refractivity contribution in [1.29, 1.82) is 0 Å². The highest BCUT2D eigenvalue weighted by molar-refractivity contribution is 5.82. The summed E-state index contributed by atoms with van der Waals surface area (Å²) in [6, 6.07) is 6.10. The van der Waals surface area contributed by atoms with Crippen molar-refractivity contribution >= 4 is 11.6 Å². The minimum atomic E-state index is -0.474. The van der Waals surface area contributed by atoms with Crippen LogP contribution in [-0.2, 0) is 4.79 Å². The van der Waals surface area contributed by atoms with E-state index in [1.165, 1.54) is 12.1 Å². The molecule has 0 aliphatic carbocycles. The molecule has 0 saturated heterocycles. The molecule has 0 aliphatic rings. The highest BCUT2D eigenvalue weighted by Gasteiger charge is 2.24. The number of nitro benzene ring substituents is 1. The molecule has 0 fully saturated rings. The number of nitro groups is 1. The topological polar surface area (TPSA) is 86.2 Å². The summed E-state index contributed by atoms with van der Waals surface area (Å²) in [5, 5.41) is 10.7. The van der Waals surface area contributed by atoms with Crippen LogP contribution in [0.15, 0.2) is 24.3 Å². The van der Waals surface area contributed by atoms with Gasteiger partial charge in [0.25, 0.3) is 5.69 Å². The van der Waals surface area contributed by atoms with Gasteiger partial charge in [0.2, 0.25) is 5.91 Å². The zero-order chi connectivity index (χ0) is 13.0. The van der Waals surface area contributed by atoms with Crippen molar-refractivity contribution in [2.75, 3.05) is 0 Å². The first-order valence-corrected chi connectivity index (χ1v) is 5.51. The predicted molar refractivity (Wildman–Crippen MR) is 64.5 cm³/mol. The third kappa shape index (κ3) is 3.03. The standard InChI is InChI=1S/C12H16N2O3/c1-3-8(2)11(12(13)15)9-5-4-6-10(7-9)14(16)17/h4-8,11H,3H2,1-2H3,(H2,13,15). The van der Waals surface area contributed by atoms with Gasteiger partial charge in [0.1, 0.15) is 0 Å². The molecular formula is C12H16N2O3. The smallest absolute Gasteiger partial charge is 0.269 e. The molecule has 0 aromatic heterocycles. The quantitative estimate of drug-likeness (QED) is 0.628. The molecule has 0 spiro atoms. The number of carbonyl (C=O) groups is 1. The first-order chi connectivity index (χ1) is 7.97. The molecule has 5 heteroatoms. The second-order valence-corrected chi connectivity index (χ2v) is 4.12. The lowest BCUT2D eigenvalue weighted by molar-refractivity contribution is -0.384. The second-order valence-electron chi connectivity index (χ2n) is 4.12. The maximum absolute atomic E-state index is 11.4. The number of primary amides is 1. The van der Waals surface area contributed by atoms with Crippen LogP contribution in [0.3, 0.4) is 0 Å². The Balaban J connectivity index is 3.14. The number of nitrogens with zero attached hydrogens (tertiary/aromatic N) is 1. The van der Waals surface area contributed by atoms with Crippen LogP contribution in [0.1, 0.15) is 31.7 Å². The molecular weight excluding hydrogens is 220 g/mol. The Morgan fingerprint density at radius 2 is 2.18 bits per heavy atom. The Bertz CT molecular complexity index is 432. The molecule has 0 heterocycles. The van der Waals surface area contributed by atoms with Crippen molar-refractivity contribution in [3.05, 3.63) is 39.9 Å². The predicted octanol–water partition coefficient (Wildman–Crippen LogP) is 2.21. The summed E-state index contributed by atoms with van der Waals surface area (Å²) in [5.41, 5.74) is 5.96. The van der Waals surface area contributed by atoms with Gasteiger partial charge >= 0.3 is 0 Å². The Labute approximate surface area is 99.8 Å². The molecule has 1 rings (SSSR count). The molecule has 0 radical (unpaired) electrons. The van der Waals surface area contributed by atoms with E-state index in [2.05, 4.69) is 0 Å². The molecule has 5 nitrogen and oxygen atoms in total. The van der Waals surface area contributed by atoms with E-state index in [0.29, 0.717) is 5.56 Å². The van der Waals surface area contributed by atoms with Crippen molar-refractivity contribution < 1.29 is 9.72 Å². The van der Waals surface area contributed by atoms with E-state index >= 15 is 0 Å². The fourth-order valence-corrected chi connectivity index (χ4v) is 1.84. The monoisotopic (exact) mass is 236 g/mol. The number of amides is 1. The maximum Gasteiger partial charge on any atom is 0.269 e. The number of hydrogen-bond donors (Lipinski definition) is 1. The average molecular weight is 236 g/mol. The number of non-ortho nitro benzene ring substituents is 1. The fourth-order valence-electron chi connectivity index (χ4n) is 1.84. The number of benzene rings is 1. The summed E-state index contributed by atoms with van der Waals surface area (Å²) in [7, 11) is 0. The van der Waals surface area contributed by atoms with E-state index in [1.807, 2.05) is 13.8 Å². The van der Waals surface area contributed by atoms with E-state index in [0.717, 1.165) is 6.42 Å². The summed E-state index contributed by atoms with van der Waals surface area (Å²) in [6.45, 7) is 3.87. The van der Waals surface area contributed by atoms with Gasteiger partial charge in [-0.25, -0.2) is 0 Å². The highest BCUT2D eigenvalue weighted by Crippen LogP contribution is 2.28. The fraction of sp³-hybridized carbons (Fsp3) is 0.417. The van der Waals surface area contributed by atoms with Gasteiger partial charge in [-0.1, -0.05) is 32.4 Å². The van der Waals surface area contributed by atoms with Gasteiger partial charge in [-0.15, -0.1) is 0 Å². The number of nitrogens with two attached hydrogens (primary N) is 1. The van der Waals surface area contributed by atoms with Crippen LogP contribution in [-0.4, -0.2) is 10.8 Å². The minimum absolute atomic E-state index is 0.0166. The summed E-state index contributed by atoms with van der Waals surface area (Å²) in [6.07, 6.45) is 0.788. The van der Waals surface area contributed by atoms with Crippen molar-refractivity contribution in [3.63, 3.8) is 0 Å². The van der Waals surface area contributed by atoms with E-state index in [1.54, 1.807) is 12.1 Å². The van der Waals surface area contributed by atoms with Gasteiger partial charge in [-0.05, 0) is 11.5 Å². The zero-order valence-electron chi connectivity index (χ0n) is 9.92. The SMILES string of the molecule is CCC(C)C(C(N)=O)c1cccc([N+](=O)[O-])c1. The van der Waals surface area contributed by atoms with E-state index in [-0.39, 0.29) is 11.6 Å². The first kappa shape index (κ1) is 13.2. The number of rotatable bonds is 5. The Morgan fingerprint density at radius 3 is 2.65 bits per heavy atom. The second kappa shape index (κ2) is 5.43. The summed E-state index contributed by atoms with van der Waals surface area (Å²) >= 11 is 0. The van der Waals surface area contributed by atoms with Crippen LogP contribution < -0.4 is 5.73 Å². The highest BCUT2D eigenvalue weighted by atomic mass is 16.6. The minimum Gasteiger partial charge on any atom is -0.369 e. The molecule has 0 bridgehead atoms. The van der Waals surface area contributed by atoms with Crippen molar-refractivity contribution in [1.82, 2.24) is 0 Å². The third-order valence-electron chi connectivity index (χ3n) is 2.96. The zero-order valence-corrected chi connectivity index (χ0v) is 9.92. The lowest BCUT2D eigenvalue weighted by atomic mass is 9.85. The summed E-state index contributed by atoms with van der Waals surface area (Å²) in [4.78, 5) is 21.6. The van der Waals surface area contributed by atoms with Gasteiger partial charge in [0, 0.05) is 12.1 Å². The van der Waals surface area contributed by atoms with Crippen LogP contribution in [0.25, 0.3) is 0 Å². The van der Waals surface area contributed by atoms with Gasteiger partial charge in [-0.3, -0.25) is 14.9 Å². The van der Waals surface area contributed by atoms with Crippen LogP contribution in [0.5, 0.6) is 0 Å². The van der Waals surface area contributed by atoms with Gasteiger partial charge in [0.15, 0.2) is 0 Å². The summed E-state index contributed by atoms with van der Waals surface area (Å²) < 4.78 is 0. The summed E-state index contributed by atoms with van der Waals surface area (Å²) in [5.74, 6) is -0.853. The van der Waals surface area contributed by atoms with Crippen molar-refractivity contribution in [2.45, 2.75) is 26.2 Å². The van der Waals surface area contributed by atoms with Crippen LogP contribution in [0.2, 0.25) is 0 Å². The Morgan fingerprint density at radius 1 is 1.53 bits per heavy atom. The van der Waals surface area contributed by atoms with Gasteiger partial charge in [-0.2, -0.15) is 0 Å². The normalized spacial score (nSPS) is 14.0. The first-order valence-electron chi connectivity index (χ1n) is 5.51. The molecule has 1 aromatic rings. The largest absolute Gasteiger partial charge is 0.369 e. The van der Waals surface area contributed by atoms with Crippen LogP contribution in [0, 0.1) is 16.0 Å². The molecule has 2 unspecified atom stereocenters. The maximum atomic E-state index is 11.4. The van der Waals surface area contributed by atoms with Gasteiger partial charge < -0.3 is 5.73 Å². The molecule has 0 saturated carbocycles. The van der Waals surface area contributed by atoms with E-state index < -0.39 is 16.7 Å². The lowest BCUT2D eigenvalue weighted by Gasteiger charge is -2.19. The van der Waals surface area contributed by atoms with Crippen LogP contribution in [0.4, 0.5) is 5.69 Å². The lowest BCUT2D eigenvalue weighted by Crippen LogP contribution is -2.26. The third-order valence-corrected chi connectivity index (χ3v) is 2.96. The molecule has 2 N–H and O–H groups in total. The number of hydrogen-bond acceptors (Lipinski definition) is 3. The van der Waals surface area contributed by atoms with E-state index in [4.69, 9.17) is 5.73 Å². The molecule has 1 aromatic carbocycles. The van der Waals surface area contributed by atoms with Crippen molar-refractivity contribution in [2.24, 2.45) is 11.7 Å². The molecule has 1 amide bonds. The average Bonchev–Trinajstić information content (AvgIpc) is 2.28. The molecule has 17 heavy (non-hydrogen) atoms. The van der Waals surface area contributed by atoms with Gasteiger partial charge in [0.05, 0.1) is 10.8 Å². The van der Waals surface area contributed by atoms with E-state index in [9.17, 15) is 14.9 Å². The Hall–Kier alpha value is -1.91. The molecule has 2 atom stereocenters. The molecule has 92 valence electrons. The van der Waals surface area contributed by atoms with Crippen molar-refractivity contribution in [3.8, 4) is 0 Å². The molecule has 0 aliphatic heterocycles. The Kier molecular flexibility index (Phi) is 4.20. The van der Waals surface area contributed by atoms with Crippen LogP contribution >= 0.6 is 0 Å². The number of carbonyl (C=O) groups excluding carboxylic acids is 1.